The summed E-state index contributed by atoms with van der Waals surface area (Å²) >= 11 is 11.9. The second-order valence-electron chi connectivity index (χ2n) is 3.02. The van der Waals surface area contributed by atoms with Gasteiger partial charge in [0.15, 0.2) is 5.69 Å². The van der Waals surface area contributed by atoms with Crippen LogP contribution in [0.2, 0.25) is 10.0 Å². The largest absolute Gasteiger partial charge is 0.464 e. The minimum absolute atomic E-state index is 0.0149. The number of methoxy groups -OCH3 is 1. The molecule has 16 heavy (non-hydrogen) atoms. The third kappa shape index (κ3) is 1.81. The molecule has 0 atom stereocenters. The number of halogens is 2. The average Bonchev–Trinajstić information content (AvgIpc) is 2.29. The van der Waals surface area contributed by atoms with E-state index >= 15 is 0 Å². The molecule has 0 amide bonds. The van der Waals surface area contributed by atoms with E-state index < -0.39 is 5.97 Å². The third-order valence-corrected chi connectivity index (χ3v) is 2.66. The molecule has 0 unspecified atom stereocenters. The summed E-state index contributed by atoms with van der Waals surface area (Å²) in [5.41, 5.74) is 0.556. The van der Waals surface area contributed by atoms with Crippen LogP contribution in [-0.2, 0) is 4.74 Å². The highest BCUT2D eigenvalue weighted by atomic mass is 35.5. The Hall–Kier alpha value is -1.39. The molecule has 0 saturated carbocycles. The summed E-state index contributed by atoms with van der Waals surface area (Å²) < 4.78 is 4.54. The third-order valence-electron chi connectivity index (χ3n) is 2.04. The molecule has 2 aromatic rings. The number of hydrogen-bond donors (Lipinski definition) is 0. The van der Waals surface area contributed by atoms with Crippen molar-refractivity contribution < 1.29 is 9.53 Å². The highest BCUT2D eigenvalue weighted by molar-refractivity contribution is 6.38. The van der Waals surface area contributed by atoms with Crippen molar-refractivity contribution in [1.82, 2.24) is 10.2 Å². The molecule has 0 N–H and O–H groups in total. The molecule has 82 valence electrons. The lowest BCUT2D eigenvalue weighted by Gasteiger charge is -2.03. The van der Waals surface area contributed by atoms with Crippen LogP contribution in [0.4, 0.5) is 0 Å². The molecule has 1 aromatic heterocycles. The van der Waals surface area contributed by atoms with Gasteiger partial charge in [0.25, 0.3) is 0 Å². The lowest BCUT2D eigenvalue weighted by molar-refractivity contribution is 0.0593. The summed E-state index contributed by atoms with van der Waals surface area (Å²) in [6, 6.07) is 4.98. The molecule has 0 saturated heterocycles. The van der Waals surface area contributed by atoms with Crippen LogP contribution in [0.3, 0.4) is 0 Å². The van der Waals surface area contributed by atoms with E-state index in [1.165, 1.54) is 7.11 Å². The molecule has 0 bridgehead atoms. The first kappa shape index (κ1) is 11.1. The number of fused-ring (bicyclic) bond motifs is 1. The lowest BCUT2D eigenvalue weighted by atomic mass is 10.2. The Balaban J connectivity index is 2.72. The van der Waals surface area contributed by atoms with Gasteiger partial charge in [-0.2, -0.15) is 0 Å². The van der Waals surface area contributed by atoms with Crippen molar-refractivity contribution in [1.29, 1.82) is 0 Å². The van der Waals surface area contributed by atoms with Crippen LogP contribution in [0.15, 0.2) is 18.2 Å². The van der Waals surface area contributed by atoms with E-state index in [2.05, 4.69) is 14.9 Å². The summed E-state index contributed by atoms with van der Waals surface area (Å²) in [7, 11) is 1.25. The van der Waals surface area contributed by atoms with Crippen LogP contribution in [0.1, 0.15) is 10.5 Å². The number of benzene rings is 1. The minimum atomic E-state index is -0.626. The van der Waals surface area contributed by atoms with Gasteiger partial charge in [-0.3, -0.25) is 0 Å². The van der Waals surface area contributed by atoms with E-state index in [1.54, 1.807) is 18.2 Å². The maximum Gasteiger partial charge on any atom is 0.360 e. The molecular formula is C10H6Cl2N2O2. The number of esters is 1. The Labute approximate surface area is 101 Å². The van der Waals surface area contributed by atoms with E-state index in [1.807, 2.05) is 0 Å². The van der Waals surface area contributed by atoms with E-state index in [0.29, 0.717) is 15.9 Å². The number of nitrogens with zero attached hydrogens (tertiary/aromatic N) is 2. The zero-order valence-electron chi connectivity index (χ0n) is 8.20. The number of hydrogen-bond acceptors (Lipinski definition) is 4. The quantitative estimate of drug-likeness (QED) is 0.737. The Morgan fingerprint density at radius 3 is 2.75 bits per heavy atom. The van der Waals surface area contributed by atoms with Gasteiger partial charge in [0, 0.05) is 10.4 Å². The molecular weight excluding hydrogens is 251 g/mol. The van der Waals surface area contributed by atoms with Gasteiger partial charge in [-0.1, -0.05) is 23.2 Å². The molecule has 0 aliphatic rings. The summed E-state index contributed by atoms with van der Waals surface area (Å²) in [5.74, 6) is -0.626. The molecule has 1 heterocycles. The fourth-order valence-electron chi connectivity index (χ4n) is 1.27. The smallest absolute Gasteiger partial charge is 0.360 e. The molecule has 0 fully saturated rings. The van der Waals surface area contributed by atoms with Crippen molar-refractivity contribution in [2.75, 3.05) is 7.11 Å². The maximum atomic E-state index is 11.3. The van der Waals surface area contributed by atoms with Gasteiger partial charge < -0.3 is 4.74 Å². The first-order chi connectivity index (χ1) is 7.63. The number of carbonyl (C=O) groups is 1. The van der Waals surface area contributed by atoms with Crippen LogP contribution in [0, 0.1) is 0 Å². The van der Waals surface area contributed by atoms with Crippen molar-refractivity contribution in [3.05, 3.63) is 33.9 Å². The molecule has 0 spiro atoms. The second-order valence-corrected chi connectivity index (χ2v) is 3.83. The van der Waals surface area contributed by atoms with Gasteiger partial charge in [-0.15, -0.1) is 10.2 Å². The zero-order valence-corrected chi connectivity index (χ0v) is 9.71. The van der Waals surface area contributed by atoms with Crippen LogP contribution < -0.4 is 0 Å². The average molecular weight is 257 g/mol. The van der Waals surface area contributed by atoms with Gasteiger partial charge in [-0.25, -0.2) is 4.79 Å². The Kier molecular flexibility index (Phi) is 2.94. The first-order valence-electron chi connectivity index (χ1n) is 4.33. The Morgan fingerprint density at radius 1 is 1.31 bits per heavy atom. The first-order valence-corrected chi connectivity index (χ1v) is 5.09. The van der Waals surface area contributed by atoms with Crippen molar-refractivity contribution in [2.24, 2.45) is 0 Å². The predicted octanol–water partition coefficient (Wildman–Crippen LogP) is 2.72. The van der Waals surface area contributed by atoms with Crippen LogP contribution >= 0.6 is 23.2 Å². The van der Waals surface area contributed by atoms with Gasteiger partial charge in [-0.05, 0) is 18.2 Å². The van der Waals surface area contributed by atoms with Crippen molar-refractivity contribution >= 4 is 40.1 Å². The van der Waals surface area contributed by atoms with Crippen molar-refractivity contribution in [3.63, 3.8) is 0 Å². The normalized spacial score (nSPS) is 10.4. The van der Waals surface area contributed by atoms with Crippen LogP contribution in [0.5, 0.6) is 0 Å². The molecule has 0 aliphatic carbocycles. The van der Waals surface area contributed by atoms with E-state index in [9.17, 15) is 4.79 Å². The van der Waals surface area contributed by atoms with Gasteiger partial charge in [0.1, 0.15) is 0 Å². The molecule has 0 aliphatic heterocycles. The summed E-state index contributed by atoms with van der Waals surface area (Å²) in [6.45, 7) is 0. The van der Waals surface area contributed by atoms with E-state index in [0.717, 1.165) is 0 Å². The van der Waals surface area contributed by atoms with Gasteiger partial charge >= 0.3 is 5.97 Å². The highest BCUT2D eigenvalue weighted by Crippen LogP contribution is 2.26. The maximum absolute atomic E-state index is 11.3. The van der Waals surface area contributed by atoms with E-state index in [4.69, 9.17) is 23.2 Å². The van der Waals surface area contributed by atoms with Gasteiger partial charge in [0.2, 0.25) is 0 Å². The molecule has 6 heteroatoms. The Morgan fingerprint density at radius 2 is 2.06 bits per heavy atom. The highest BCUT2D eigenvalue weighted by Gasteiger charge is 2.16. The van der Waals surface area contributed by atoms with Crippen LogP contribution in [-0.4, -0.2) is 23.3 Å². The monoisotopic (exact) mass is 256 g/mol. The number of rotatable bonds is 1. The lowest BCUT2D eigenvalue weighted by Crippen LogP contribution is -2.06. The number of carbonyl (C=O) groups excluding carboxylic acids is 1. The van der Waals surface area contributed by atoms with E-state index in [-0.39, 0.29) is 10.7 Å². The zero-order chi connectivity index (χ0) is 11.7. The molecule has 4 nitrogen and oxygen atoms in total. The minimum Gasteiger partial charge on any atom is -0.464 e. The van der Waals surface area contributed by atoms with Crippen molar-refractivity contribution in [2.45, 2.75) is 0 Å². The predicted molar refractivity (Wildman–Crippen MR) is 60.9 cm³/mol. The fourth-order valence-corrected chi connectivity index (χ4v) is 1.71. The number of aromatic nitrogens is 2. The molecule has 1 aromatic carbocycles. The summed E-state index contributed by atoms with van der Waals surface area (Å²) in [6.07, 6.45) is 0. The number of ether oxygens (including phenoxy) is 1. The molecule has 0 radical (unpaired) electrons. The van der Waals surface area contributed by atoms with Crippen LogP contribution in [0.25, 0.3) is 10.9 Å². The standard InChI is InChI=1S/C10H6Cl2N2O2/c1-16-10(15)9-8(12)6-4-5(11)2-3-7(6)13-14-9/h2-4H,1H3. The molecule has 2 rings (SSSR count). The topological polar surface area (TPSA) is 52.1 Å². The van der Waals surface area contributed by atoms with Crippen molar-refractivity contribution in [3.8, 4) is 0 Å². The summed E-state index contributed by atoms with van der Waals surface area (Å²) in [4.78, 5) is 11.3. The van der Waals surface area contributed by atoms with Gasteiger partial charge in [0.05, 0.1) is 17.6 Å². The Bertz CT molecular complexity index is 572. The second kappa shape index (κ2) is 4.23. The fraction of sp³-hybridized carbons (Fsp3) is 0.100. The SMILES string of the molecule is COC(=O)c1nnc2ccc(Cl)cc2c1Cl. The summed E-state index contributed by atoms with van der Waals surface area (Å²) in [5, 5.41) is 8.85.